The molecule has 0 amide bonds. The molecule has 0 fully saturated rings. The summed E-state index contributed by atoms with van der Waals surface area (Å²) in [6, 6.07) is 13.7. The summed E-state index contributed by atoms with van der Waals surface area (Å²) in [5.74, 6) is 1.26. The van der Waals surface area contributed by atoms with Gasteiger partial charge < -0.3 is 9.67 Å². The smallest absolute Gasteiger partial charge is 0.151 e. The van der Waals surface area contributed by atoms with E-state index in [0.29, 0.717) is 0 Å². The number of hydrogen-bond donors (Lipinski definition) is 1. The summed E-state index contributed by atoms with van der Waals surface area (Å²) in [4.78, 5) is 7.28. The quantitative estimate of drug-likeness (QED) is 0.586. The number of aryl methyl sites for hydroxylation is 2. The SMILES string of the molecule is Oc1ccc2nc(-c3cccs3)n(CCc3cccs3)c2c1. The van der Waals surface area contributed by atoms with Gasteiger partial charge in [0.2, 0.25) is 0 Å². The van der Waals surface area contributed by atoms with E-state index in [-0.39, 0.29) is 5.75 Å². The van der Waals surface area contributed by atoms with Gasteiger partial charge >= 0.3 is 0 Å². The fraction of sp³-hybridized carbons (Fsp3) is 0.118. The number of imidazole rings is 1. The highest BCUT2D eigenvalue weighted by atomic mass is 32.1. The summed E-state index contributed by atoms with van der Waals surface area (Å²) in [6.45, 7) is 0.855. The molecule has 1 aromatic carbocycles. The predicted octanol–water partition coefficient (Wildman–Crippen LogP) is 4.77. The Morgan fingerprint density at radius 2 is 1.91 bits per heavy atom. The maximum Gasteiger partial charge on any atom is 0.151 e. The molecule has 110 valence electrons. The highest BCUT2D eigenvalue weighted by Crippen LogP contribution is 2.30. The van der Waals surface area contributed by atoms with Crippen molar-refractivity contribution in [2.75, 3.05) is 0 Å². The highest BCUT2D eigenvalue weighted by molar-refractivity contribution is 7.13. The average molecular weight is 326 g/mol. The lowest BCUT2D eigenvalue weighted by atomic mass is 10.3. The Balaban J connectivity index is 1.81. The first-order valence-electron chi connectivity index (χ1n) is 7.07. The van der Waals surface area contributed by atoms with Gasteiger partial charge in [-0.15, -0.1) is 22.7 Å². The molecule has 0 saturated carbocycles. The third kappa shape index (κ3) is 2.42. The van der Waals surface area contributed by atoms with E-state index in [1.165, 1.54) is 4.88 Å². The summed E-state index contributed by atoms with van der Waals surface area (Å²) in [6.07, 6.45) is 0.969. The number of thiophene rings is 2. The van der Waals surface area contributed by atoms with Crippen LogP contribution in [0.5, 0.6) is 5.75 Å². The maximum absolute atomic E-state index is 9.81. The van der Waals surface area contributed by atoms with E-state index >= 15 is 0 Å². The lowest BCUT2D eigenvalue weighted by Gasteiger charge is -2.07. The van der Waals surface area contributed by atoms with Gasteiger partial charge in [0, 0.05) is 17.5 Å². The van der Waals surface area contributed by atoms with Crippen molar-refractivity contribution in [2.24, 2.45) is 0 Å². The van der Waals surface area contributed by atoms with Crippen molar-refractivity contribution >= 4 is 33.7 Å². The summed E-state index contributed by atoms with van der Waals surface area (Å²) >= 11 is 3.47. The van der Waals surface area contributed by atoms with Crippen molar-refractivity contribution in [3.05, 3.63) is 58.1 Å². The Labute approximate surface area is 136 Å². The summed E-state index contributed by atoms with van der Waals surface area (Å²) in [5.41, 5.74) is 1.91. The Hall–Kier alpha value is -2.11. The topological polar surface area (TPSA) is 38.1 Å². The number of phenols is 1. The average Bonchev–Trinajstić information content (AvgIpc) is 3.25. The van der Waals surface area contributed by atoms with Crippen LogP contribution in [0, 0.1) is 0 Å². The molecular weight excluding hydrogens is 312 g/mol. The molecule has 0 saturated heterocycles. The van der Waals surface area contributed by atoms with Gasteiger partial charge in [-0.2, -0.15) is 0 Å². The van der Waals surface area contributed by atoms with Crippen LogP contribution >= 0.6 is 22.7 Å². The second-order valence-corrected chi connectivity index (χ2v) is 7.05. The third-order valence-corrected chi connectivity index (χ3v) is 5.44. The summed E-state index contributed by atoms with van der Waals surface area (Å²) in [7, 11) is 0. The number of hydrogen-bond acceptors (Lipinski definition) is 4. The van der Waals surface area contributed by atoms with Crippen LogP contribution < -0.4 is 0 Å². The number of aromatic hydroxyl groups is 1. The van der Waals surface area contributed by atoms with E-state index in [9.17, 15) is 5.11 Å². The molecule has 3 nitrogen and oxygen atoms in total. The minimum atomic E-state index is 0.280. The molecule has 0 radical (unpaired) electrons. The molecule has 0 atom stereocenters. The molecule has 0 spiro atoms. The van der Waals surface area contributed by atoms with E-state index < -0.39 is 0 Å². The van der Waals surface area contributed by atoms with Crippen molar-refractivity contribution < 1.29 is 5.11 Å². The minimum Gasteiger partial charge on any atom is -0.508 e. The number of rotatable bonds is 4. The molecular formula is C17H14N2OS2. The van der Waals surface area contributed by atoms with Crippen molar-refractivity contribution in [3.8, 4) is 16.5 Å². The molecule has 1 N–H and O–H groups in total. The van der Waals surface area contributed by atoms with Gasteiger partial charge in [-0.1, -0.05) is 12.1 Å². The molecule has 3 aromatic heterocycles. The molecule has 0 aliphatic rings. The van der Waals surface area contributed by atoms with Crippen LogP contribution in [0.1, 0.15) is 4.88 Å². The van der Waals surface area contributed by atoms with Crippen molar-refractivity contribution in [1.29, 1.82) is 0 Å². The van der Waals surface area contributed by atoms with E-state index in [1.807, 2.05) is 12.1 Å². The zero-order chi connectivity index (χ0) is 14.9. The summed E-state index contributed by atoms with van der Waals surface area (Å²) < 4.78 is 2.21. The van der Waals surface area contributed by atoms with Gasteiger partial charge in [-0.3, -0.25) is 0 Å². The normalized spacial score (nSPS) is 11.3. The Morgan fingerprint density at radius 1 is 1.05 bits per heavy atom. The monoisotopic (exact) mass is 326 g/mol. The Bertz CT molecular complexity index is 892. The maximum atomic E-state index is 9.81. The lowest BCUT2D eigenvalue weighted by Crippen LogP contribution is -2.02. The molecule has 0 bridgehead atoms. The zero-order valence-electron chi connectivity index (χ0n) is 11.8. The lowest BCUT2D eigenvalue weighted by molar-refractivity contribution is 0.476. The molecule has 4 rings (SSSR count). The first-order chi connectivity index (χ1) is 10.8. The van der Waals surface area contributed by atoms with E-state index in [1.54, 1.807) is 34.8 Å². The van der Waals surface area contributed by atoms with Crippen LogP contribution in [0.4, 0.5) is 0 Å². The van der Waals surface area contributed by atoms with Crippen LogP contribution in [0.15, 0.2) is 53.2 Å². The Morgan fingerprint density at radius 3 is 2.68 bits per heavy atom. The van der Waals surface area contributed by atoms with E-state index in [4.69, 9.17) is 4.98 Å². The van der Waals surface area contributed by atoms with Crippen molar-refractivity contribution in [1.82, 2.24) is 9.55 Å². The minimum absolute atomic E-state index is 0.280. The summed E-state index contributed by atoms with van der Waals surface area (Å²) in [5, 5.41) is 14.0. The highest BCUT2D eigenvalue weighted by Gasteiger charge is 2.14. The van der Waals surface area contributed by atoms with Crippen LogP contribution in [0.2, 0.25) is 0 Å². The second-order valence-electron chi connectivity index (χ2n) is 5.07. The molecule has 4 aromatic rings. The van der Waals surface area contributed by atoms with Gasteiger partial charge in [-0.05, 0) is 41.4 Å². The Kier molecular flexibility index (Phi) is 3.44. The molecule has 22 heavy (non-hydrogen) atoms. The van der Waals surface area contributed by atoms with Gasteiger partial charge in [0.1, 0.15) is 5.75 Å². The second kappa shape index (κ2) is 5.59. The fourth-order valence-corrected chi connectivity index (χ4v) is 4.03. The number of fused-ring (bicyclic) bond motifs is 1. The molecule has 5 heteroatoms. The van der Waals surface area contributed by atoms with Crippen LogP contribution in [0.25, 0.3) is 21.7 Å². The van der Waals surface area contributed by atoms with Gasteiger partial charge in [0.25, 0.3) is 0 Å². The van der Waals surface area contributed by atoms with Crippen LogP contribution in [0.3, 0.4) is 0 Å². The van der Waals surface area contributed by atoms with Crippen molar-refractivity contribution in [2.45, 2.75) is 13.0 Å². The zero-order valence-corrected chi connectivity index (χ0v) is 13.4. The number of aromatic nitrogens is 2. The van der Waals surface area contributed by atoms with Gasteiger partial charge in [-0.25, -0.2) is 4.98 Å². The first kappa shape index (κ1) is 13.5. The first-order valence-corrected chi connectivity index (χ1v) is 8.83. The predicted molar refractivity (Wildman–Crippen MR) is 92.7 cm³/mol. The third-order valence-electron chi connectivity index (χ3n) is 3.64. The van der Waals surface area contributed by atoms with Gasteiger partial charge in [0.15, 0.2) is 5.82 Å². The number of phenolic OH excluding ortho intramolecular Hbond substituents is 1. The van der Waals surface area contributed by atoms with Crippen LogP contribution in [-0.2, 0) is 13.0 Å². The molecule has 0 aliphatic heterocycles. The molecule has 3 heterocycles. The number of benzene rings is 1. The van der Waals surface area contributed by atoms with Crippen molar-refractivity contribution in [3.63, 3.8) is 0 Å². The standard InChI is InChI=1S/C17H14N2OS2/c20-12-5-6-14-15(11-12)19(8-7-13-3-1-9-21-13)17(18-14)16-4-2-10-22-16/h1-6,9-11,20H,7-8H2. The van der Waals surface area contributed by atoms with E-state index in [0.717, 1.165) is 34.7 Å². The largest absolute Gasteiger partial charge is 0.508 e. The van der Waals surface area contributed by atoms with E-state index in [2.05, 4.69) is 33.5 Å². The fourth-order valence-electron chi connectivity index (χ4n) is 2.61. The number of nitrogens with zero attached hydrogens (tertiary/aromatic N) is 2. The molecule has 0 aliphatic carbocycles. The van der Waals surface area contributed by atoms with Crippen LogP contribution in [-0.4, -0.2) is 14.7 Å². The molecule has 0 unspecified atom stereocenters. The van der Waals surface area contributed by atoms with Gasteiger partial charge in [0.05, 0.1) is 15.9 Å².